The van der Waals surface area contributed by atoms with E-state index in [0.717, 1.165) is 29.5 Å². The van der Waals surface area contributed by atoms with Crippen LogP contribution in [0.1, 0.15) is 31.2 Å². The van der Waals surface area contributed by atoms with Gasteiger partial charge < -0.3 is 5.32 Å². The lowest BCUT2D eigenvalue weighted by molar-refractivity contribution is -0.121. The topological polar surface area (TPSA) is 93.1 Å². The van der Waals surface area contributed by atoms with Crippen LogP contribution in [-0.4, -0.2) is 31.8 Å². The smallest absolute Gasteiger partial charge is 0.258 e. The quantitative estimate of drug-likeness (QED) is 0.821. The van der Waals surface area contributed by atoms with E-state index in [9.17, 15) is 13.8 Å². The van der Waals surface area contributed by atoms with Crippen molar-refractivity contribution < 1.29 is 13.8 Å². The van der Waals surface area contributed by atoms with Gasteiger partial charge in [0.25, 0.3) is 5.91 Å². The molecular weight excluding hydrogens is 364 g/mol. The van der Waals surface area contributed by atoms with Crippen molar-refractivity contribution in [3.8, 4) is 11.1 Å². The van der Waals surface area contributed by atoms with Gasteiger partial charge in [-0.2, -0.15) is 5.10 Å². The minimum Gasteiger partial charge on any atom is -0.353 e. The van der Waals surface area contributed by atoms with Gasteiger partial charge in [-0.1, -0.05) is 37.1 Å². The summed E-state index contributed by atoms with van der Waals surface area (Å²) >= 11 is 0. The van der Waals surface area contributed by atoms with E-state index < -0.39 is 11.0 Å². The molecule has 27 heavy (non-hydrogen) atoms. The number of hydrogen-bond donors (Lipinski definition) is 2. The minimum atomic E-state index is -1.58. The number of nitrogens with zero attached hydrogens (tertiary/aromatic N) is 2. The number of benzene rings is 1. The summed E-state index contributed by atoms with van der Waals surface area (Å²) in [5.74, 6) is -0.323. The zero-order chi connectivity index (χ0) is 18.8. The second-order valence-corrected chi connectivity index (χ2v) is 7.97. The molecule has 2 heterocycles. The molecule has 2 amide bonds. The predicted molar refractivity (Wildman–Crippen MR) is 102 cm³/mol. The highest BCUT2D eigenvalue weighted by molar-refractivity contribution is 7.93. The Kier molecular flexibility index (Phi) is 4.89. The summed E-state index contributed by atoms with van der Waals surface area (Å²) < 4.78 is 15.6. The van der Waals surface area contributed by atoms with Gasteiger partial charge in [-0.25, -0.2) is 8.89 Å². The van der Waals surface area contributed by atoms with Crippen molar-refractivity contribution in [2.24, 2.45) is 0 Å². The molecular formula is C19H20N4O3S. The maximum Gasteiger partial charge on any atom is 0.258 e. The third-order valence-electron chi connectivity index (χ3n) is 4.82. The average Bonchev–Trinajstić information content (AvgIpc) is 3.37. The Bertz CT molecular complexity index is 927. The monoisotopic (exact) mass is 384 g/mol. The maximum atomic E-state index is 12.1. The van der Waals surface area contributed by atoms with E-state index in [1.165, 1.54) is 23.6 Å². The van der Waals surface area contributed by atoms with Gasteiger partial charge in [0, 0.05) is 23.9 Å². The molecule has 1 atom stereocenters. The SMILES string of the molecule is O=C1C=C(n2cc(-c3ccc(CC(=O)NC4CCCC4)cc3)cn2)S(=O)N1. The first-order valence-electron chi connectivity index (χ1n) is 8.96. The first-order valence-corrected chi connectivity index (χ1v) is 10.1. The summed E-state index contributed by atoms with van der Waals surface area (Å²) in [5, 5.41) is 7.59. The molecule has 2 aromatic rings. The van der Waals surface area contributed by atoms with Gasteiger partial charge in [-0.15, -0.1) is 0 Å². The Morgan fingerprint density at radius 2 is 1.96 bits per heavy atom. The summed E-state index contributed by atoms with van der Waals surface area (Å²) in [6.45, 7) is 0. The molecule has 0 spiro atoms. The molecule has 1 fully saturated rings. The minimum absolute atomic E-state index is 0.0651. The molecule has 1 saturated carbocycles. The summed E-state index contributed by atoms with van der Waals surface area (Å²) in [6.07, 6.45) is 9.58. The van der Waals surface area contributed by atoms with Crippen molar-refractivity contribution in [2.75, 3.05) is 0 Å². The Hall–Kier alpha value is -2.74. The van der Waals surface area contributed by atoms with Crippen molar-refractivity contribution in [1.29, 1.82) is 0 Å². The number of amides is 2. The maximum absolute atomic E-state index is 12.1. The normalized spacial score (nSPS) is 19.8. The molecule has 1 aliphatic heterocycles. The average molecular weight is 384 g/mol. The molecule has 1 aliphatic carbocycles. The lowest BCUT2D eigenvalue weighted by Crippen LogP contribution is -2.33. The predicted octanol–water partition coefficient (Wildman–Crippen LogP) is 1.74. The first kappa shape index (κ1) is 17.7. The van der Waals surface area contributed by atoms with E-state index >= 15 is 0 Å². The fraction of sp³-hybridized carbons (Fsp3) is 0.316. The standard InChI is InChI=1S/C19H20N4O3S/c24-17(21-16-3-1-2-4-16)9-13-5-7-14(8-6-13)15-11-20-23(12-15)19-10-18(25)22-27(19)26/h5-8,10-12,16H,1-4,9H2,(H,21,24)(H,22,25). The molecule has 0 bridgehead atoms. The fourth-order valence-electron chi connectivity index (χ4n) is 3.43. The summed E-state index contributed by atoms with van der Waals surface area (Å²) in [6, 6.07) is 8.06. The Balaban J connectivity index is 1.42. The zero-order valence-electron chi connectivity index (χ0n) is 14.7. The first-order chi connectivity index (χ1) is 13.1. The molecule has 2 N–H and O–H groups in total. The van der Waals surface area contributed by atoms with E-state index in [-0.39, 0.29) is 11.8 Å². The number of hydrogen-bond acceptors (Lipinski definition) is 4. The third kappa shape index (κ3) is 4.00. The van der Waals surface area contributed by atoms with Gasteiger partial charge in [0.2, 0.25) is 5.91 Å². The van der Waals surface area contributed by atoms with Crippen LogP contribution in [0.3, 0.4) is 0 Å². The fourth-order valence-corrected chi connectivity index (χ4v) is 4.26. The molecule has 4 rings (SSSR count). The van der Waals surface area contributed by atoms with Crippen LogP contribution in [0.4, 0.5) is 0 Å². The van der Waals surface area contributed by atoms with E-state index in [1.807, 2.05) is 24.3 Å². The Morgan fingerprint density at radius 3 is 2.63 bits per heavy atom. The van der Waals surface area contributed by atoms with Gasteiger partial charge in [0.1, 0.15) is 0 Å². The number of nitrogens with one attached hydrogen (secondary N) is 2. The largest absolute Gasteiger partial charge is 0.353 e. The molecule has 8 heteroatoms. The molecule has 140 valence electrons. The van der Waals surface area contributed by atoms with E-state index in [1.54, 1.807) is 12.4 Å². The summed E-state index contributed by atoms with van der Waals surface area (Å²) in [5.41, 5.74) is 2.73. The zero-order valence-corrected chi connectivity index (χ0v) is 15.5. The molecule has 1 unspecified atom stereocenters. The van der Waals surface area contributed by atoms with Crippen LogP contribution in [0.5, 0.6) is 0 Å². The van der Waals surface area contributed by atoms with Gasteiger partial charge in [-0.3, -0.25) is 14.3 Å². The molecule has 1 aromatic heterocycles. The van der Waals surface area contributed by atoms with Crippen LogP contribution < -0.4 is 10.0 Å². The number of aromatic nitrogens is 2. The number of rotatable bonds is 5. The van der Waals surface area contributed by atoms with Gasteiger partial charge in [0.05, 0.1) is 12.6 Å². The molecule has 2 aliphatic rings. The van der Waals surface area contributed by atoms with Crippen LogP contribution in [-0.2, 0) is 27.0 Å². The number of carbonyl (C=O) groups excluding carboxylic acids is 2. The van der Waals surface area contributed by atoms with Crippen LogP contribution in [0.2, 0.25) is 0 Å². The van der Waals surface area contributed by atoms with E-state index in [4.69, 9.17) is 0 Å². The van der Waals surface area contributed by atoms with Crippen LogP contribution in [0, 0.1) is 0 Å². The Labute approximate surface area is 159 Å². The Morgan fingerprint density at radius 1 is 1.22 bits per heavy atom. The van der Waals surface area contributed by atoms with Crippen molar-refractivity contribution in [3.05, 3.63) is 48.3 Å². The molecule has 0 saturated heterocycles. The highest BCUT2D eigenvalue weighted by Gasteiger charge is 2.22. The summed E-state index contributed by atoms with van der Waals surface area (Å²) in [7, 11) is -1.58. The molecule has 1 aromatic carbocycles. The van der Waals surface area contributed by atoms with Crippen molar-refractivity contribution in [1.82, 2.24) is 19.8 Å². The molecule has 0 radical (unpaired) electrons. The molecule has 7 nitrogen and oxygen atoms in total. The van der Waals surface area contributed by atoms with Gasteiger partial charge in [-0.05, 0) is 24.0 Å². The van der Waals surface area contributed by atoms with Crippen molar-refractivity contribution in [3.63, 3.8) is 0 Å². The number of carbonyl (C=O) groups is 2. The van der Waals surface area contributed by atoms with E-state index in [0.29, 0.717) is 17.5 Å². The second kappa shape index (κ2) is 7.48. The lowest BCUT2D eigenvalue weighted by Gasteiger charge is -2.11. The lowest BCUT2D eigenvalue weighted by atomic mass is 10.1. The second-order valence-electron chi connectivity index (χ2n) is 6.81. The van der Waals surface area contributed by atoms with Crippen LogP contribution in [0.25, 0.3) is 16.2 Å². The van der Waals surface area contributed by atoms with E-state index in [2.05, 4.69) is 15.1 Å². The van der Waals surface area contributed by atoms with Gasteiger partial charge in [0.15, 0.2) is 16.0 Å². The van der Waals surface area contributed by atoms with Gasteiger partial charge >= 0.3 is 0 Å². The third-order valence-corrected chi connectivity index (χ3v) is 5.89. The highest BCUT2D eigenvalue weighted by Crippen LogP contribution is 2.22. The summed E-state index contributed by atoms with van der Waals surface area (Å²) in [4.78, 5) is 23.4. The highest BCUT2D eigenvalue weighted by atomic mass is 32.2. The van der Waals surface area contributed by atoms with Crippen molar-refractivity contribution in [2.45, 2.75) is 38.1 Å². The van der Waals surface area contributed by atoms with Crippen LogP contribution >= 0.6 is 0 Å². The van der Waals surface area contributed by atoms with Crippen molar-refractivity contribution >= 4 is 27.8 Å². The van der Waals surface area contributed by atoms with Crippen LogP contribution in [0.15, 0.2) is 42.7 Å².